The molecule has 6 heteroatoms. The lowest BCUT2D eigenvalue weighted by Crippen LogP contribution is -2.18. The third-order valence-corrected chi connectivity index (χ3v) is 3.54. The van der Waals surface area contributed by atoms with E-state index < -0.39 is 0 Å². The van der Waals surface area contributed by atoms with Gasteiger partial charge in [0, 0.05) is 17.7 Å². The summed E-state index contributed by atoms with van der Waals surface area (Å²) in [5.74, 6) is 1.15. The van der Waals surface area contributed by atoms with Gasteiger partial charge in [-0.25, -0.2) is 9.97 Å². The van der Waals surface area contributed by atoms with Crippen LogP contribution >= 0.6 is 11.6 Å². The Balaban J connectivity index is 1.88. The maximum atomic E-state index is 11.3. The minimum atomic E-state index is 0.0459. The minimum Gasteiger partial charge on any atom is -0.439 e. The van der Waals surface area contributed by atoms with E-state index in [0.717, 1.165) is 11.3 Å². The second-order valence-corrected chi connectivity index (χ2v) is 4.92. The maximum absolute atomic E-state index is 11.3. The molecule has 0 spiro atoms. The van der Waals surface area contributed by atoms with Crippen molar-refractivity contribution in [3.63, 3.8) is 0 Å². The molecule has 0 bridgehead atoms. The van der Waals surface area contributed by atoms with Crippen LogP contribution in [0, 0.1) is 6.92 Å². The first-order valence-corrected chi connectivity index (χ1v) is 6.59. The number of halogens is 1. The van der Waals surface area contributed by atoms with Gasteiger partial charge >= 0.3 is 0 Å². The molecular weight excluding hydrogens is 278 g/mol. The molecule has 1 aromatic carbocycles. The van der Waals surface area contributed by atoms with Crippen LogP contribution in [0.25, 0.3) is 0 Å². The number of hydrogen-bond donors (Lipinski definition) is 1. The van der Waals surface area contributed by atoms with Gasteiger partial charge in [0.15, 0.2) is 0 Å². The van der Waals surface area contributed by atoms with Gasteiger partial charge < -0.3 is 10.1 Å². The highest BCUT2D eigenvalue weighted by atomic mass is 35.5. The van der Waals surface area contributed by atoms with E-state index in [1.807, 2.05) is 12.1 Å². The lowest BCUT2D eigenvalue weighted by molar-refractivity contribution is -0.116. The molecule has 0 saturated carbocycles. The van der Waals surface area contributed by atoms with E-state index in [9.17, 15) is 4.79 Å². The summed E-state index contributed by atoms with van der Waals surface area (Å²) in [5, 5.41) is 3.21. The first kappa shape index (κ1) is 12.9. The molecule has 1 N–H and O–H groups in total. The molecule has 0 unspecified atom stereocenters. The van der Waals surface area contributed by atoms with Gasteiger partial charge in [-0.1, -0.05) is 11.6 Å². The number of nitrogens with one attached hydrogen (secondary N) is 1. The molecule has 0 radical (unpaired) electrons. The highest BCUT2D eigenvalue weighted by Crippen LogP contribution is 2.30. The molecule has 0 fully saturated rings. The van der Waals surface area contributed by atoms with Crippen molar-refractivity contribution in [2.45, 2.75) is 19.8 Å². The Morgan fingerprint density at radius 2 is 2.15 bits per heavy atom. The van der Waals surface area contributed by atoms with Crippen molar-refractivity contribution < 1.29 is 9.53 Å². The van der Waals surface area contributed by atoms with Crippen molar-refractivity contribution in [2.75, 3.05) is 5.32 Å². The Bertz CT molecular complexity index is 688. The van der Waals surface area contributed by atoms with Crippen molar-refractivity contribution in [2.24, 2.45) is 0 Å². The number of aryl methyl sites for hydroxylation is 1. The van der Waals surface area contributed by atoms with Gasteiger partial charge in [0.2, 0.25) is 11.8 Å². The zero-order valence-electron chi connectivity index (χ0n) is 10.8. The Labute approximate surface area is 121 Å². The number of fused-ring (bicyclic) bond motifs is 1. The van der Waals surface area contributed by atoms with E-state index in [2.05, 4.69) is 15.3 Å². The summed E-state index contributed by atoms with van der Waals surface area (Å²) in [6.45, 7) is 1.80. The fourth-order valence-corrected chi connectivity index (χ4v) is 2.18. The topological polar surface area (TPSA) is 64.1 Å². The average molecular weight is 290 g/mol. The number of carbonyl (C=O) groups excluding carboxylic acids is 1. The van der Waals surface area contributed by atoms with Gasteiger partial charge in [-0.2, -0.15) is 0 Å². The molecule has 20 heavy (non-hydrogen) atoms. The molecule has 3 rings (SSSR count). The third kappa shape index (κ3) is 2.44. The van der Waals surface area contributed by atoms with Crippen LogP contribution in [-0.4, -0.2) is 15.9 Å². The molecule has 2 heterocycles. The first-order chi connectivity index (χ1) is 9.63. The maximum Gasteiger partial charge on any atom is 0.226 e. The number of anilines is 1. The normalized spacial score (nSPS) is 13.6. The molecular formula is C14H12ClN3O2. The van der Waals surface area contributed by atoms with Crippen molar-refractivity contribution in [1.82, 2.24) is 9.97 Å². The van der Waals surface area contributed by atoms with Crippen LogP contribution < -0.4 is 10.1 Å². The summed E-state index contributed by atoms with van der Waals surface area (Å²) in [4.78, 5) is 19.3. The number of benzene rings is 1. The monoisotopic (exact) mass is 289 g/mol. The summed E-state index contributed by atoms with van der Waals surface area (Å²) < 4.78 is 5.73. The molecule has 5 nitrogen and oxygen atoms in total. The molecule has 102 valence electrons. The van der Waals surface area contributed by atoms with Crippen LogP contribution in [-0.2, 0) is 11.2 Å². The van der Waals surface area contributed by atoms with E-state index in [0.29, 0.717) is 35.2 Å². The predicted molar refractivity (Wildman–Crippen MR) is 75.2 cm³/mol. The van der Waals surface area contributed by atoms with E-state index >= 15 is 0 Å². The number of aromatic nitrogens is 2. The van der Waals surface area contributed by atoms with E-state index in [-0.39, 0.29) is 5.91 Å². The van der Waals surface area contributed by atoms with E-state index in [4.69, 9.17) is 16.3 Å². The van der Waals surface area contributed by atoms with Gasteiger partial charge in [0.25, 0.3) is 0 Å². The third-order valence-electron chi connectivity index (χ3n) is 3.16. The molecule has 0 aliphatic carbocycles. The van der Waals surface area contributed by atoms with Gasteiger partial charge in [0.1, 0.15) is 17.2 Å². The van der Waals surface area contributed by atoms with Crippen molar-refractivity contribution in [3.8, 4) is 11.6 Å². The quantitative estimate of drug-likeness (QED) is 0.863. The fraction of sp³-hybridized carbons (Fsp3) is 0.214. The summed E-state index contributed by atoms with van der Waals surface area (Å²) in [5.41, 5.74) is 2.59. The summed E-state index contributed by atoms with van der Waals surface area (Å²) >= 11 is 5.93. The lowest BCUT2D eigenvalue weighted by atomic mass is 10.0. The number of rotatable bonds is 2. The number of nitrogens with zero attached hydrogens (tertiary/aromatic N) is 2. The Hall–Kier alpha value is -2.14. The lowest BCUT2D eigenvalue weighted by Gasteiger charge is -2.17. The van der Waals surface area contributed by atoms with Crippen molar-refractivity contribution >= 4 is 23.2 Å². The van der Waals surface area contributed by atoms with Crippen molar-refractivity contribution in [1.29, 1.82) is 0 Å². The average Bonchev–Trinajstić information content (AvgIpc) is 2.44. The fourth-order valence-electron chi connectivity index (χ4n) is 2.05. The summed E-state index contributed by atoms with van der Waals surface area (Å²) in [6.07, 6.45) is 2.57. The second-order valence-electron chi connectivity index (χ2n) is 4.56. The number of hydrogen-bond acceptors (Lipinski definition) is 4. The number of carbonyl (C=O) groups is 1. The van der Waals surface area contributed by atoms with E-state index in [1.54, 1.807) is 13.0 Å². The minimum absolute atomic E-state index is 0.0459. The highest BCUT2D eigenvalue weighted by Gasteiger charge is 2.16. The van der Waals surface area contributed by atoms with Crippen molar-refractivity contribution in [3.05, 3.63) is 40.8 Å². The van der Waals surface area contributed by atoms with Gasteiger partial charge in [-0.15, -0.1) is 0 Å². The van der Waals surface area contributed by atoms with Crippen LogP contribution in [0.1, 0.15) is 17.5 Å². The van der Waals surface area contributed by atoms with Gasteiger partial charge in [-0.3, -0.25) is 4.79 Å². The van der Waals surface area contributed by atoms with Crippen LogP contribution in [0.3, 0.4) is 0 Å². The van der Waals surface area contributed by atoms with E-state index in [1.165, 1.54) is 6.33 Å². The summed E-state index contributed by atoms with van der Waals surface area (Å²) in [7, 11) is 0. The highest BCUT2D eigenvalue weighted by molar-refractivity contribution is 6.30. The van der Waals surface area contributed by atoms with Crippen LogP contribution in [0.15, 0.2) is 24.5 Å². The molecule has 1 aromatic heterocycles. The Morgan fingerprint density at radius 3 is 3.00 bits per heavy atom. The number of amides is 1. The van der Waals surface area contributed by atoms with Gasteiger partial charge in [-0.05, 0) is 37.1 Å². The smallest absolute Gasteiger partial charge is 0.226 e. The SMILES string of the molecule is Cc1c(Cl)ncnc1Oc1ccc2c(c1)CCC(=O)N2. The van der Waals surface area contributed by atoms with Crippen LogP contribution in [0.4, 0.5) is 5.69 Å². The molecule has 1 aliphatic rings. The second kappa shape index (κ2) is 5.09. The molecule has 0 saturated heterocycles. The standard InChI is InChI=1S/C14H12ClN3O2/c1-8-13(15)16-7-17-14(8)20-10-3-4-11-9(6-10)2-5-12(19)18-11/h3-4,6-7H,2,5H2,1H3,(H,18,19). The molecule has 0 atom stereocenters. The summed E-state index contributed by atoms with van der Waals surface area (Å²) in [6, 6.07) is 5.53. The number of ether oxygens (including phenoxy) is 1. The zero-order chi connectivity index (χ0) is 14.1. The Morgan fingerprint density at radius 1 is 1.30 bits per heavy atom. The van der Waals surface area contributed by atoms with Gasteiger partial charge in [0.05, 0.1) is 0 Å². The van der Waals surface area contributed by atoms with Crippen LogP contribution in [0.2, 0.25) is 5.15 Å². The predicted octanol–water partition coefficient (Wildman–Crippen LogP) is 3.12. The largest absolute Gasteiger partial charge is 0.439 e. The molecule has 1 amide bonds. The first-order valence-electron chi connectivity index (χ1n) is 6.21. The Kier molecular flexibility index (Phi) is 3.28. The zero-order valence-corrected chi connectivity index (χ0v) is 11.6. The van der Waals surface area contributed by atoms with Crippen LogP contribution in [0.5, 0.6) is 11.6 Å². The molecule has 2 aromatic rings. The molecule has 1 aliphatic heterocycles.